The van der Waals surface area contributed by atoms with Crippen LogP contribution >= 0.6 is 23.2 Å². The first kappa shape index (κ1) is 26.4. The molecule has 1 amide bonds. The molecule has 0 saturated carbocycles. The molecule has 1 unspecified atom stereocenters. The summed E-state index contributed by atoms with van der Waals surface area (Å²) in [6.45, 7) is 1.89. The second-order valence-electron chi connectivity index (χ2n) is 8.97. The van der Waals surface area contributed by atoms with Crippen LogP contribution in [-0.2, 0) is 9.59 Å². The Labute approximate surface area is 235 Å². The zero-order valence-electron chi connectivity index (χ0n) is 21.0. The lowest BCUT2D eigenvalue weighted by Gasteiger charge is -2.26. The summed E-state index contributed by atoms with van der Waals surface area (Å²) in [5.74, 6) is -0.649. The molecule has 0 radical (unpaired) electrons. The van der Waals surface area contributed by atoms with Crippen molar-refractivity contribution < 1.29 is 24.2 Å². The van der Waals surface area contributed by atoms with E-state index < -0.39 is 23.5 Å². The minimum atomic E-state index is -0.953. The molecular weight excluding hydrogens is 537 g/mol. The van der Waals surface area contributed by atoms with Gasteiger partial charge in [-0.1, -0.05) is 65.7 Å². The standard InChI is InChI=1S/C31H23Cl2NO5/c1-18-8-6-10-21(14-18)34-27(19-9-7-13-23(15-19)39-22-11-4-3-5-12-22)26(29(36)31(34)37)28(35)20-16-24(32)30(38-2)25(33)17-20/h3-17,27,35H,1-2H3/b28-26+. The largest absolute Gasteiger partial charge is 0.507 e. The summed E-state index contributed by atoms with van der Waals surface area (Å²) in [5.41, 5.74) is 2.06. The van der Waals surface area contributed by atoms with Crippen LogP contribution in [0, 0.1) is 6.92 Å². The molecule has 1 atom stereocenters. The summed E-state index contributed by atoms with van der Waals surface area (Å²) in [6, 6.07) is 25.5. The summed E-state index contributed by atoms with van der Waals surface area (Å²) in [6.07, 6.45) is 0. The van der Waals surface area contributed by atoms with Gasteiger partial charge in [0.1, 0.15) is 17.3 Å². The van der Waals surface area contributed by atoms with Crippen molar-refractivity contribution in [3.05, 3.63) is 123 Å². The number of aliphatic hydroxyl groups excluding tert-OH is 1. The average Bonchev–Trinajstić information content (AvgIpc) is 3.19. The van der Waals surface area contributed by atoms with Gasteiger partial charge in [0.15, 0.2) is 5.75 Å². The van der Waals surface area contributed by atoms with Crippen molar-refractivity contribution in [2.24, 2.45) is 0 Å². The average molecular weight is 560 g/mol. The van der Waals surface area contributed by atoms with E-state index >= 15 is 0 Å². The summed E-state index contributed by atoms with van der Waals surface area (Å²) < 4.78 is 11.2. The van der Waals surface area contributed by atoms with Crippen molar-refractivity contribution in [3.8, 4) is 17.2 Å². The molecule has 5 rings (SSSR count). The summed E-state index contributed by atoms with van der Waals surface area (Å²) >= 11 is 12.6. The molecule has 1 saturated heterocycles. The third-order valence-electron chi connectivity index (χ3n) is 6.35. The van der Waals surface area contributed by atoms with Crippen LogP contribution in [0.2, 0.25) is 10.0 Å². The van der Waals surface area contributed by atoms with Gasteiger partial charge in [-0.25, -0.2) is 0 Å². The van der Waals surface area contributed by atoms with Gasteiger partial charge in [0.05, 0.1) is 28.8 Å². The fourth-order valence-electron chi connectivity index (χ4n) is 4.61. The number of methoxy groups -OCH3 is 1. The number of rotatable bonds is 6. The highest BCUT2D eigenvalue weighted by atomic mass is 35.5. The third kappa shape index (κ3) is 5.09. The van der Waals surface area contributed by atoms with Gasteiger partial charge in [-0.3, -0.25) is 14.5 Å². The zero-order chi connectivity index (χ0) is 27.7. The van der Waals surface area contributed by atoms with Crippen LogP contribution in [0.5, 0.6) is 17.2 Å². The number of nitrogens with zero attached hydrogens (tertiary/aromatic N) is 1. The van der Waals surface area contributed by atoms with Gasteiger partial charge in [0.25, 0.3) is 11.7 Å². The number of carbonyl (C=O) groups is 2. The van der Waals surface area contributed by atoms with E-state index in [0.717, 1.165) is 5.56 Å². The number of carbonyl (C=O) groups excluding carboxylic acids is 2. The first-order chi connectivity index (χ1) is 18.8. The lowest BCUT2D eigenvalue weighted by atomic mass is 9.95. The number of Topliss-reactive ketones (excluding diaryl/α,β-unsaturated/α-hetero) is 1. The van der Waals surface area contributed by atoms with Gasteiger partial charge in [-0.05, 0) is 66.6 Å². The summed E-state index contributed by atoms with van der Waals surface area (Å²) in [7, 11) is 1.42. The van der Waals surface area contributed by atoms with E-state index in [-0.39, 0.29) is 26.9 Å². The quantitative estimate of drug-likeness (QED) is 0.148. The second kappa shape index (κ2) is 10.8. The Morgan fingerprint density at radius 3 is 2.18 bits per heavy atom. The van der Waals surface area contributed by atoms with Gasteiger partial charge in [0, 0.05) is 11.3 Å². The SMILES string of the molecule is COc1c(Cl)cc(/C(O)=C2\C(=O)C(=O)N(c3cccc(C)c3)C2c2cccc(Oc3ccccc3)c2)cc1Cl. The van der Waals surface area contributed by atoms with E-state index in [9.17, 15) is 14.7 Å². The van der Waals surface area contributed by atoms with Gasteiger partial charge in [-0.2, -0.15) is 0 Å². The fraction of sp³-hybridized carbons (Fsp3) is 0.0968. The van der Waals surface area contributed by atoms with Gasteiger partial charge < -0.3 is 14.6 Å². The van der Waals surface area contributed by atoms with Crippen LogP contribution in [-0.4, -0.2) is 23.9 Å². The minimum absolute atomic E-state index is 0.101. The number of benzene rings is 4. The number of halogens is 2. The van der Waals surface area contributed by atoms with Crippen molar-refractivity contribution in [2.75, 3.05) is 12.0 Å². The highest BCUT2D eigenvalue weighted by molar-refractivity contribution is 6.51. The lowest BCUT2D eigenvalue weighted by Crippen LogP contribution is -2.29. The number of para-hydroxylation sites is 1. The molecule has 1 fully saturated rings. The van der Waals surface area contributed by atoms with Gasteiger partial charge in [0.2, 0.25) is 0 Å². The summed E-state index contributed by atoms with van der Waals surface area (Å²) in [4.78, 5) is 28.4. The normalized spacial score (nSPS) is 16.4. The molecule has 1 aliphatic rings. The second-order valence-corrected chi connectivity index (χ2v) is 9.78. The number of amides is 1. The molecule has 196 valence electrons. The van der Waals surface area contributed by atoms with Crippen LogP contribution in [0.3, 0.4) is 0 Å². The van der Waals surface area contributed by atoms with Crippen LogP contribution in [0.1, 0.15) is 22.7 Å². The van der Waals surface area contributed by atoms with Gasteiger partial charge in [-0.15, -0.1) is 0 Å². The molecule has 0 spiro atoms. The van der Waals surface area contributed by atoms with E-state index in [1.807, 2.05) is 49.4 Å². The third-order valence-corrected chi connectivity index (χ3v) is 6.91. The van der Waals surface area contributed by atoms with Gasteiger partial charge >= 0.3 is 0 Å². The Kier molecular flexibility index (Phi) is 7.33. The molecule has 0 bridgehead atoms. The Bertz CT molecular complexity index is 1590. The number of hydrogen-bond donors (Lipinski definition) is 1. The van der Waals surface area contributed by atoms with Crippen LogP contribution < -0.4 is 14.4 Å². The van der Waals surface area contributed by atoms with E-state index in [1.54, 1.807) is 36.4 Å². The van der Waals surface area contributed by atoms with E-state index in [1.165, 1.54) is 24.1 Å². The van der Waals surface area contributed by atoms with E-state index in [2.05, 4.69) is 0 Å². The molecule has 1 heterocycles. The Balaban J connectivity index is 1.69. The smallest absolute Gasteiger partial charge is 0.300 e. The zero-order valence-corrected chi connectivity index (χ0v) is 22.5. The molecule has 0 aliphatic carbocycles. The predicted octanol–water partition coefficient (Wildman–Crippen LogP) is 7.73. The summed E-state index contributed by atoms with van der Waals surface area (Å²) in [5, 5.41) is 11.8. The number of ketones is 1. The van der Waals surface area contributed by atoms with Crippen LogP contribution in [0.4, 0.5) is 5.69 Å². The molecular formula is C31H23Cl2NO5. The lowest BCUT2D eigenvalue weighted by molar-refractivity contribution is -0.132. The number of hydrogen-bond acceptors (Lipinski definition) is 5. The number of ether oxygens (including phenoxy) is 2. The molecule has 4 aromatic carbocycles. The Hall–Kier alpha value is -4.26. The van der Waals surface area contributed by atoms with E-state index in [0.29, 0.717) is 22.7 Å². The Morgan fingerprint density at radius 1 is 0.846 bits per heavy atom. The van der Waals surface area contributed by atoms with Crippen molar-refractivity contribution in [1.82, 2.24) is 0 Å². The maximum Gasteiger partial charge on any atom is 0.300 e. The fourth-order valence-corrected chi connectivity index (χ4v) is 5.25. The Morgan fingerprint density at radius 2 is 1.51 bits per heavy atom. The first-order valence-corrected chi connectivity index (χ1v) is 12.8. The van der Waals surface area contributed by atoms with Crippen molar-refractivity contribution in [2.45, 2.75) is 13.0 Å². The molecule has 6 nitrogen and oxygen atoms in total. The molecule has 1 N–H and O–H groups in total. The van der Waals surface area contributed by atoms with Crippen LogP contribution in [0.25, 0.3) is 5.76 Å². The molecule has 39 heavy (non-hydrogen) atoms. The molecule has 1 aliphatic heterocycles. The number of aliphatic hydroxyl groups is 1. The highest BCUT2D eigenvalue weighted by Crippen LogP contribution is 2.44. The number of aryl methyl sites for hydroxylation is 1. The van der Waals surface area contributed by atoms with Crippen molar-refractivity contribution in [1.29, 1.82) is 0 Å². The predicted molar refractivity (Wildman–Crippen MR) is 152 cm³/mol. The maximum absolute atomic E-state index is 13.5. The number of anilines is 1. The monoisotopic (exact) mass is 559 g/mol. The topological polar surface area (TPSA) is 76.1 Å². The van der Waals surface area contributed by atoms with Crippen LogP contribution in [0.15, 0.2) is 96.6 Å². The van der Waals surface area contributed by atoms with Crippen molar-refractivity contribution in [3.63, 3.8) is 0 Å². The maximum atomic E-state index is 13.5. The first-order valence-electron chi connectivity index (χ1n) is 12.0. The molecule has 4 aromatic rings. The highest BCUT2D eigenvalue weighted by Gasteiger charge is 2.47. The molecule has 0 aromatic heterocycles. The van der Waals surface area contributed by atoms with E-state index in [4.69, 9.17) is 32.7 Å². The van der Waals surface area contributed by atoms with Crippen molar-refractivity contribution >= 4 is 46.3 Å². The minimum Gasteiger partial charge on any atom is -0.507 e. The molecule has 8 heteroatoms.